The van der Waals surface area contributed by atoms with Crippen LogP contribution in [0.4, 0.5) is 10.1 Å². The molecule has 2 aromatic carbocycles. The zero-order chi connectivity index (χ0) is 14.5. The van der Waals surface area contributed by atoms with Gasteiger partial charge in [-0.1, -0.05) is 18.2 Å². The lowest BCUT2D eigenvalue weighted by atomic mass is 10.2. The summed E-state index contributed by atoms with van der Waals surface area (Å²) in [6, 6.07) is 11.4. The van der Waals surface area contributed by atoms with Crippen molar-refractivity contribution in [2.24, 2.45) is 5.73 Å². The van der Waals surface area contributed by atoms with E-state index in [1.807, 2.05) is 0 Å². The van der Waals surface area contributed by atoms with Crippen molar-refractivity contribution in [2.75, 3.05) is 5.32 Å². The van der Waals surface area contributed by atoms with Gasteiger partial charge in [0.2, 0.25) is 5.91 Å². The molecule has 0 unspecified atom stereocenters. The average molecular weight is 274 g/mol. The summed E-state index contributed by atoms with van der Waals surface area (Å²) in [5, 5.41) is 2.66. The minimum absolute atomic E-state index is 0.0321. The zero-order valence-corrected chi connectivity index (χ0v) is 11.0. The predicted molar refractivity (Wildman–Crippen MR) is 75.1 cm³/mol. The first-order valence-corrected chi connectivity index (χ1v) is 6.13. The quantitative estimate of drug-likeness (QED) is 0.900. The molecule has 0 saturated carbocycles. The largest absolute Gasteiger partial charge is 0.455 e. The highest BCUT2D eigenvalue weighted by Gasteiger charge is 2.11. The number of para-hydroxylation sites is 2. The van der Waals surface area contributed by atoms with Gasteiger partial charge in [0, 0.05) is 19.0 Å². The predicted octanol–water partition coefficient (Wildman–Crippen LogP) is 3.04. The van der Waals surface area contributed by atoms with Crippen LogP contribution in [0.15, 0.2) is 42.5 Å². The van der Waals surface area contributed by atoms with E-state index in [-0.39, 0.29) is 12.5 Å². The molecule has 0 aliphatic rings. The molecule has 0 atom stereocenters. The highest BCUT2D eigenvalue weighted by atomic mass is 19.1. The number of hydrogen-bond donors (Lipinski definition) is 2. The van der Waals surface area contributed by atoms with Crippen molar-refractivity contribution in [2.45, 2.75) is 13.5 Å². The summed E-state index contributed by atoms with van der Waals surface area (Å²) in [5.74, 6) is 0.148. The molecule has 1 amide bonds. The molecule has 3 N–H and O–H groups in total. The topological polar surface area (TPSA) is 64.3 Å². The smallest absolute Gasteiger partial charge is 0.221 e. The van der Waals surface area contributed by atoms with Crippen molar-refractivity contribution in [3.8, 4) is 11.5 Å². The second-order valence-electron chi connectivity index (χ2n) is 4.20. The second-order valence-corrected chi connectivity index (χ2v) is 4.20. The molecule has 0 aliphatic carbocycles. The van der Waals surface area contributed by atoms with Crippen LogP contribution in [0.3, 0.4) is 0 Å². The van der Waals surface area contributed by atoms with E-state index in [0.29, 0.717) is 22.7 Å². The van der Waals surface area contributed by atoms with Gasteiger partial charge in [0.05, 0.1) is 5.69 Å². The third-order valence-electron chi connectivity index (χ3n) is 2.70. The highest BCUT2D eigenvalue weighted by molar-refractivity contribution is 5.90. The number of amides is 1. The number of carbonyl (C=O) groups is 1. The van der Waals surface area contributed by atoms with Crippen LogP contribution >= 0.6 is 0 Å². The van der Waals surface area contributed by atoms with Gasteiger partial charge in [-0.15, -0.1) is 0 Å². The molecular weight excluding hydrogens is 259 g/mol. The Bertz CT molecular complexity index is 629. The van der Waals surface area contributed by atoms with E-state index >= 15 is 0 Å². The lowest BCUT2D eigenvalue weighted by Crippen LogP contribution is -2.07. The summed E-state index contributed by atoms with van der Waals surface area (Å²) in [4.78, 5) is 11.1. The fourth-order valence-corrected chi connectivity index (χ4v) is 1.80. The van der Waals surface area contributed by atoms with Gasteiger partial charge < -0.3 is 15.8 Å². The van der Waals surface area contributed by atoms with E-state index in [9.17, 15) is 9.18 Å². The standard InChI is InChI=1S/C15H15FN2O2/c1-10(19)18-13-6-2-3-7-15(13)20-14-8-4-5-12(16)11(14)9-17/h2-8H,9,17H2,1H3,(H,18,19). The highest BCUT2D eigenvalue weighted by Crippen LogP contribution is 2.32. The van der Waals surface area contributed by atoms with Gasteiger partial charge in [-0.25, -0.2) is 4.39 Å². The summed E-state index contributed by atoms with van der Waals surface area (Å²) in [6.07, 6.45) is 0. The maximum atomic E-state index is 13.6. The van der Waals surface area contributed by atoms with Crippen LogP contribution in [-0.4, -0.2) is 5.91 Å². The fourth-order valence-electron chi connectivity index (χ4n) is 1.80. The van der Waals surface area contributed by atoms with Crippen LogP contribution < -0.4 is 15.8 Å². The molecular formula is C15H15FN2O2. The van der Waals surface area contributed by atoms with E-state index in [1.54, 1.807) is 36.4 Å². The van der Waals surface area contributed by atoms with Crippen LogP contribution in [0.1, 0.15) is 12.5 Å². The van der Waals surface area contributed by atoms with Crippen LogP contribution in [-0.2, 0) is 11.3 Å². The minimum Gasteiger partial charge on any atom is -0.455 e. The maximum Gasteiger partial charge on any atom is 0.221 e. The van der Waals surface area contributed by atoms with E-state index in [2.05, 4.69) is 5.32 Å². The summed E-state index contributed by atoms with van der Waals surface area (Å²) in [7, 11) is 0. The van der Waals surface area contributed by atoms with E-state index < -0.39 is 5.82 Å². The Morgan fingerprint density at radius 2 is 1.90 bits per heavy atom. The molecule has 0 fully saturated rings. The molecule has 2 aromatic rings. The number of nitrogens with two attached hydrogens (primary N) is 1. The molecule has 5 heteroatoms. The zero-order valence-electron chi connectivity index (χ0n) is 11.0. The molecule has 104 valence electrons. The molecule has 20 heavy (non-hydrogen) atoms. The van der Waals surface area contributed by atoms with Crippen LogP contribution in [0.5, 0.6) is 11.5 Å². The van der Waals surface area contributed by atoms with Crippen molar-refractivity contribution in [1.29, 1.82) is 0 Å². The lowest BCUT2D eigenvalue weighted by Gasteiger charge is -2.14. The number of nitrogens with one attached hydrogen (secondary N) is 1. The Labute approximate surface area is 116 Å². The van der Waals surface area contributed by atoms with Crippen molar-refractivity contribution in [3.63, 3.8) is 0 Å². The fraction of sp³-hybridized carbons (Fsp3) is 0.133. The minimum atomic E-state index is -0.415. The van der Waals surface area contributed by atoms with E-state index in [1.165, 1.54) is 13.0 Å². The van der Waals surface area contributed by atoms with Gasteiger partial charge in [-0.05, 0) is 24.3 Å². The van der Waals surface area contributed by atoms with Crippen LogP contribution in [0, 0.1) is 5.82 Å². The van der Waals surface area contributed by atoms with Crippen LogP contribution in [0.2, 0.25) is 0 Å². The first-order valence-electron chi connectivity index (χ1n) is 6.13. The molecule has 0 aromatic heterocycles. The van der Waals surface area contributed by atoms with Gasteiger partial charge in [0.25, 0.3) is 0 Å². The van der Waals surface area contributed by atoms with Crippen molar-refractivity contribution in [1.82, 2.24) is 0 Å². The summed E-state index contributed by atoms with van der Waals surface area (Å²) >= 11 is 0. The third-order valence-corrected chi connectivity index (χ3v) is 2.70. The summed E-state index contributed by atoms with van der Waals surface area (Å²) < 4.78 is 19.3. The molecule has 0 saturated heterocycles. The molecule has 0 heterocycles. The Balaban J connectivity index is 2.35. The van der Waals surface area contributed by atoms with E-state index in [0.717, 1.165) is 0 Å². The van der Waals surface area contributed by atoms with Crippen molar-refractivity contribution >= 4 is 11.6 Å². The Morgan fingerprint density at radius 1 is 1.20 bits per heavy atom. The Morgan fingerprint density at radius 3 is 2.60 bits per heavy atom. The molecule has 0 radical (unpaired) electrons. The molecule has 0 bridgehead atoms. The van der Waals surface area contributed by atoms with Gasteiger partial charge in [-0.2, -0.15) is 0 Å². The van der Waals surface area contributed by atoms with Crippen molar-refractivity contribution in [3.05, 3.63) is 53.8 Å². The number of halogens is 1. The van der Waals surface area contributed by atoms with Crippen molar-refractivity contribution < 1.29 is 13.9 Å². The molecule has 4 nitrogen and oxygen atoms in total. The lowest BCUT2D eigenvalue weighted by molar-refractivity contribution is -0.114. The number of benzene rings is 2. The number of hydrogen-bond acceptors (Lipinski definition) is 3. The number of ether oxygens (including phenoxy) is 1. The number of rotatable bonds is 4. The summed E-state index contributed by atoms with van der Waals surface area (Å²) in [6.45, 7) is 1.44. The third kappa shape index (κ3) is 3.13. The average Bonchev–Trinajstić information content (AvgIpc) is 2.41. The van der Waals surface area contributed by atoms with Gasteiger partial charge in [0.1, 0.15) is 11.6 Å². The molecule has 2 rings (SSSR count). The Kier molecular flexibility index (Phi) is 4.32. The first kappa shape index (κ1) is 14.0. The van der Waals surface area contributed by atoms with Gasteiger partial charge >= 0.3 is 0 Å². The Hall–Kier alpha value is -2.40. The SMILES string of the molecule is CC(=O)Nc1ccccc1Oc1cccc(F)c1CN. The van der Waals surface area contributed by atoms with Gasteiger partial charge in [0.15, 0.2) is 5.75 Å². The summed E-state index contributed by atoms with van der Waals surface area (Å²) in [5.41, 5.74) is 6.35. The van der Waals surface area contributed by atoms with Crippen LogP contribution in [0.25, 0.3) is 0 Å². The number of carbonyl (C=O) groups excluding carboxylic acids is 1. The normalized spacial score (nSPS) is 10.2. The second kappa shape index (κ2) is 6.16. The molecule has 0 aliphatic heterocycles. The molecule has 0 spiro atoms. The maximum absolute atomic E-state index is 13.6. The van der Waals surface area contributed by atoms with E-state index in [4.69, 9.17) is 10.5 Å². The number of anilines is 1. The first-order chi connectivity index (χ1) is 9.61. The van der Waals surface area contributed by atoms with Gasteiger partial charge in [-0.3, -0.25) is 4.79 Å². The monoisotopic (exact) mass is 274 g/mol.